The lowest BCUT2D eigenvalue weighted by Crippen LogP contribution is -2.12. The molecule has 0 radical (unpaired) electrons. The Kier molecular flexibility index (Phi) is 3.57. The number of amides is 1. The van der Waals surface area contributed by atoms with Crippen LogP contribution in [0.3, 0.4) is 0 Å². The number of pyridine rings is 1. The maximum Gasteiger partial charge on any atom is 0.257 e. The van der Waals surface area contributed by atoms with Crippen LogP contribution in [0.15, 0.2) is 42.7 Å². The van der Waals surface area contributed by atoms with Gasteiger partial charge in [-0.05, 0) is 37.3 Å². The van der Waals surface area contributed by atoms with E-state index in [1.165, 1.54) is 0 Å². The van der Waals surface area contributed by atoms with Gasteiger partial charge in [0.2, 0.25) is 0 Å². The van der Waals surface area contributed by atoms with Crippen molar-refractivity contribution >= 4 is 40.4 Å². The number of hydrogen-bond acceptors (Lipinski definition) is 2. The molecule has 3 aromatic rings. The number of imidazole rings is 1. The average molecular weight is 320 g/mol. The molecule has 2 heterocycles. The highest BCUT2D eigenvalue weighted by molar-refractivity contribution is 6.37. The fraction of sp³-hybridized carbons (Fsp3) is 0.0667. The van der Waals surface area contributed by atoms with Crippen molar-refractivity contribution in [1.29, 1.82) is 0 Å². The molecule has 0 aliphatic heterocycles. The van der Waals surface area contributed by atoms with Crippen LogP contribution in [0.4, 0.5) is 5.69 Å². The number of fused-ring (bicyclic) bond motifs is 1. The molecule has 0 fully saturated rings. The Hall–Kier alpha value is -2.04. The molecule has 0 saturated heterocycles. The molecule has 0 bridgehead atoms. The molecule has 0 unspecified atom stereocenters. The first-order valence-corrected chi connectivity index (χ1v) is 7.00. The molecule has 6 heteroatoms. The second kappa shape index (κ2) is 5.39. The summed E-state index contributed by atoms with van der Waals surface area (Å²) in [4.78, 5) is 16.6. The minimum absolute atomic E-state index is 0.284. The van der Waals surface area contributed by atoms with Crippen molar-refractivity contribution in [1.82, 2.24) is 9.38 Å². The van der Waals surface area contributed by atoms with Crippen LogP contribution in [-0.2, 0) is 0 Å². The van der Waals surface area contributed by atoms with Gasteiger partial charge in [0.15, 0.2) is 0 Å². The summed E-state index contributed by atoms with van der Waals surface area (Å²) in [6.45, 7) is 1.92. The Balaban J connectivity index is 1.88. The second-order valence-electron chi connectivity index (χ2n) is 4.64. The van der Waals surface area contributed by atoms with Gasteiger partial charge in [-0.3, -0.25) is 4.79 Å². The number of aromatic nitrogens is 2. The third kappa shape index (κ3) is 2.86. The number of rotatable bonds is 2. The number of anilines is 1. The van der Waals surface area contributed by atoms with E-state index in [1.807, 2.05) is 23.6 Å². The SMILES string of the molecule is Cc1cn2cc(NC(=O)c3ccc(Cl)cc3Cl)ccc2n1. The van der Waals surface area contributed by atoms with Gasteiger partial charge in [-0.2, -0.15) is 0 Å². The Morgan fingerprint density at radius 1 is 1.19 bits per heavy atom. The third-order valence-corrected chi connectivity index (χ3v) is 3.55. The predicted octanol–water partition coefficient (Wildman–Crippen LogP) is 4.20. The van der Waals surface area contributed by atoms with Gasteiger partial charge in [-0.15, -0.1) is 0 Å². The van der Waals surface area contributed by atoms with E-state index in [-0.39, 0.29) is 5.91 Å². The first kappa shape index (κ1) is 13.9. The minimum atomic E-state index is -0.284. The van der Waals surface area contributed by atoms with E-state index < -0.39 is 0 Å². The highest BCUT2D eigenvalue weighted by Gasteiger charge is 2.11. The number of hydrogen-bond donors (Lipinski definition) is 1. The molecule has 1 amide bonds. The van der Waals surface area contributed by atoms with Gasteiger partial charge < -0.3 is 9.72 Å². The van der Waals surface area contributed by atoms with Crippen LogP contribution in [-0.4, -0.2) is 15.3 Å². The van der Waals surface area contributed by atoms with Crippen LogP contribution in [0.1, 0.15) is 16.1 Å². The molecule has 0 spiro atoms. The van der Waals surface area contributed by atoms with Gasteiger partial charge in [-0.25, -0.2) is 4.98 Å². The molecule has 1 N–H and O–H groups in total. The monoisotopic (exact) mass is 319 g/mol. The average Bonchev–Trinajstić information content (AvgIpc) is 2.77. The zero-order valence-electron chi connectivity index (χ0n) is 11.1. The number of benzene rings is 1. The van der Waals surface area contributed by atoms with Gasteiger partial charge in [0.1, 0.15) is 5.65 Å². The summed E-state index contributed by atoms with van der Waals surface area (Å²) < 4.78 is 1.86. The summed E-state index contributed by atoms with van der Waals surface area (Å²) in [6, 6.07) is 8.40. The normalized spacial score (nSPS) is 10.8. The lowest BCUT2D eigenvalue weighted by Gasteiger charge is -2.07. The fourth-order valence-electron chi connectivity index (χ4n) is 2.06. The van der Waals surface area contributed by atoms with E-state index in [0.717, 1.165) is 11.3 Å². The second-order valence-corrected chi connectivity index (χ2v) is 5.49. The van der Waals surface area contributed by atoms with E-state index in [9.17, 15) is 4.79 Å². The van der Waals surface area contributed by atoms with Crippen molar-refractivity contribution < 1.29 is 4.79 Å². The molecule has 0 saturated carbocycles. The molecule has 0 aliphatic carbocycles. The Morgan fingerprint density at radius 2 is 2.00 bits per heavy atom. The molecule has 0 atom stereocenters. The topological polar surface area (TPSA) is 46.4 Å². The van der Waals surface area contributed by atoms with Crippen molar-refractivity contribution in [3.63, 3.8) is 0 Å². The molecular formula is C15H11Cl2N3O. The van der Waals surface area contributed by atoms with Crippen molar-refractivity contribution in [2.24, 2.45) is 0 Å². The van der Waals surface area contributed by atoms with Gasteiger partial charge in [0.25, 0.3) is 5.91 Å². The highest BCUT2D eigenvalue weighted by Crippen LogP contribution is 2.22. The zero-order chi connectivity index (χ0) is 15.0. The fourth-order valence-corrected chi connectivity index (χ4v) is 2.56. The van der Waals surface area contributed by atoms with Gasteiger partial charge >= 0.3 is 0 Å². The predicted molar refractivity (Wildman–Crippen MR) is 84.3 cm³/mol. The number of aryl methyl sites for hydroxylation is 1. The van der Waals surface area contributed by atoms with E-state index in [4.69, 9.17) is 23.2 Å². The molecule has 4 nitrogen and oxygen atoms in total. The van der Waals surface area contributed by atoms with Crippen LogP contribution in [0.2, 0.25) is 10.0 Å². The van der Waals surface area contributed by atoms with E-state index in [2.05, 4.69) is 10.3 Å². The quantitative estimate of drug-likeness (QED) is 0.769. The third-order valence-electron chi connectivity index (χ3n) is 3.01. The molecule has 0 aliphatic rings. The lowest BCUT2D eigenvalue weighted by atomic mass is 10.2. The smallest absolute Gasteiger partial charge is 0.257 e. The van der Waals surface area contributed by atoms with Crippen molar-refractivity contribution in [3.8, 4) is 0 Å². The van der Waals surface area contributed by atoms with Gasteiger partial charge in [0, 0.05) is 17.4 Å². The number of halogens is 2. The van der Waals surface area contributed by atoms with Crippen molar-refractivity contribution in [2.75, 3.05) is 5.32 Å². The molecule has 2 aromatic heterocycles. The summed E-state index contributed by atoms with van der Waals surface area (Å²) >= 11 is 11.9. The first-order valence-electron chi connectivity index (χ1n) is 6.25. The summed E-state index contributed by atoms with van der Waals surface area (Å²) in [7, 11) is 0. The maximum atomic E-state index is 12.2. The number of carbonyl (C=O) groups excluding carboxylic acids is 1. The largest absolute Gasteiger partial charge is 0.321 e. The number of nitrogens with one attached hydrogen (secondary N) is 1. The van der Waals surface area contributed by atoms with Crippen LogP contribution >= 0.6 is 23.2 Å². The van der Waals surface area contributed by atoms with E-state index in [0.29, 0.717) is 21.3 Å². The van der Waals surface area contributed by atoms with Crippen LogP contribution in [0.5, 0.6) is 0 Å². The molecule has 21 heavy (non-hydrogen) atoms. The first-order chi connectivity index (χ1) is 10.0. The lowest BCUT2D eigenvalue weighted by molar-refractivity contribution is 0.102. The summed E-state index contributed by atoms with van der Waals surface area (Å²) in [5, 5.41) is 3.62. The van der Waals surface area contributed by atoms with Crippen LogP contribution in [0, 0.1) is 6.92 Å². The highest BCUT2D eigenvalue weighted by atomic mass is 35.5. The number of carbonyl (C=O) groups is 1. The number of nitrogens with zero attached hydrogens (tertiary/aromatic N) is 2. The summed E-state index contributed by atoms with van der Waals surface area (Å²) in [6.07, 6.45) is 3.69. The minimum Gasteiger partial charge on any atom is -0.321 e. The van der Waals surface area contributed by atoms with E-state index in [1.54, 1.807) is 30.5 Å². The molecular weight excluding hydrogens is 309 g/mol. The molecule has 1 aromatic carbocycles. The Bertz CT molecular complexity index is 842. The molecule has 106 valence electrons. The van der Waals surface area contributed by atoms with Gasteiger partial charge in [0.05, 0.1) is 22.0 Å². The van der Waals surface area contributed by atoms with Crippen LogP contribution < -0.4 is 5.32 Å². The Morgan fingerprint density at radius 3 is 2.76 bits per heavy atom. The van der Waals surface area contributed by atoms with Crippen molar-refractivity contribution in [3.05, 3.63) is 64.0 Å². The van der Waals surface area contributed by atoms with E-state index >= 15 is 0 Å². The standard InChI is InChI=1S/C15H11Cl2N3O/c1-9-7-20-8-11(3-5-14(20)18-9)19-15(21)12-4-2-10(16)6-13(12)17/h2-8H,1H3,(H,19,21). The maximum absolute atomic E-state index is 12.2. The zero-order valence-corrected chi connectivity index (χ0v) is 12.6. The van der Waals surface area contributed by atoms with Crippen LogP contribution in [0.25, 0.3) is 5.65 Å². The van der Waals surface area contributed by atoms with Crippen molar-refractivity contribution in [2.45, 2.75) is 6.92 Å². The summed E-state index contributed by atoms with van der Waals surface area (Å²) in [5.74, 6) is -0.284. The molecule has 3 rings (SSSR count). The Labute approximate surface area is 131 Å². The van der Waals surface area contributed by atoms with Gasteiger partial charge in [-0.1, -0.05) is 23.2 Å². The summed E-state index contributed by atoms with van der Waals surface area (Å²) in [5.41, 5.74) is 2.79.